The van der Waals surface area contributed by atoms with Crippen molar-refractivity contribution >= 4 is 17.8 Å². The van der Waals surface area contributed by atoms with Gasteiger partial charge < -0.3 is 0 Å². The van der Waals surface area contributed by atoms with Gasteiger partial charge in [-0.25, -0.2) is 9.69 Å². The topological polar surface area (TPSA) is 66.5 Å². The van der Waals surface area contributed by atoms with E-state index in [1.165, 1.54) is 0 Å². The highest BCUT2D eigenvalue weighted by Gasteiger charge is 2.57. The summed E-state index contributed by atoms with van der Waals surface area (Å²) >= 11 is 0. The third-order valence-electron chi connectivity index (χ3n) is 3.34. The third-order valence-corrected chi connectivity index (χ3v) is 3.34. The van der Waals surface area contributed by atoms with E-state index in [0.717, 1.165) is 11.3 Å². The number of amides is 4. The van der Waals surface area contributed by atoms with Gasteiger partial charge >= 0.3 is 6.03 Å². The lowest BCUT2D eigenvalue weighted by Gasteiger charge is -2.45. The van der Waals surface area contributed by atoms with Gasteiger partial charge in [-0.15, -0.1) is 6.42 Å². The van der Waals surface area contributed by atoms with Crippen LogP contribution < -0.4 is 5.32 Å². The van der Waals surface area contributed by atoms with Gasteiger partial charge in [0.15, 0.2) is 0 Å². The number of hydrogen-bond acceptors (Lipinski definition) is 3. The first kappa shape index (κ1) is 10.7. The Bertz CT molecular complexity index is 417. The van der Waals surface area contributed by atoms with Crippen molar-refractivity contribution in [3.63, 3.8) is 0 Å². The van der Waals surface area contributed by atoms with Crippen LogP contribution in [0.3, 0.4) is 0 Å². The molecule has 2 fully saturated rings. The SMILES string of the molecule is C#CC(C)N1C(=O)NC(=O)C2(CCC2)C1=O. The molecule has 1 aliphatic carbocycles. The third kappa shape index (κ3) is 1.16. The zero-order chi connectivity index (χ0) is 11.9. The lowest BCUT2D eigenvalue weighted by Crippen LogP contribution is -2.67. The van der Waals surface area contributed by atoms with E-state index in [1.54, 1.807) is 6.92 Å². The molecule has 0 aromatic rings. The van der Waals surface area contributed by atoms with E-state index < -0.39 is 29.3 Å². The summed E-state index contributed by atoms with van der Waals surface area (Å²) in [5.41, 5.74) is -1.03. The number of nitrogens with one attached hydrogen (secondary N) is 1. The van der Waals surface area contributed by atoms with Gasteiger partial charge in [-0.05, 0) is 19.8 Å². The molecule has 0 bridgehead atoms. The molecule has 1 saturated carbocycles. The number of nitrogens with zero attached hydrogens (tertiary/aromatic N) is 1. The number of hydrogen-bond donors (Lipinski definition) is 1. The number of carbonyl (C=O) groups excluding carboxylic acids is 3. The van der Waals surface area contributed by atoms with Crippen LogP contribution in [0.15, 0.2) is 0 Å². The van der Waals surface area contributed by atoms with Crippen molar-refractivity contribution in [3.05, 3.63) is 0 Å². The van der Waals surface area contributed by atoms with Gasteiger partial charge in [0, 0.05) is 0 Å². The van der Waals surface area contributed by atoms with Gasteiger partial charge in [0.25, 0.3) is 0 Å². The molecule has 5 heteroatoms. The average molecular weight is 220 g/mol. The largest absolute Gasteiger partial charge is 0.331 e. The van der Waals surface area contributed by atoms with Crippen LogP contribution in [0.4, 0.5) is 4.79 Å². The minimum Gasteiger partial charge on any atom is -0.277 e. The Labute approximate surface area is 93.2 Å². The fourth-order valence-corrected chi connectivity index (χ4v) is 2.09. The molecule has 4 amide bonds. The standard InChI is InChI=1S/C11H12N2O3/c1-3-7(2)13-9(15)11(5-4-6-11)8(14)12-10(13)16/h1,7H,4-6H2,2H3,(H,12,14,16). The molecular weight excluding hydrogens is 208 g/mol. The smallest absolute Gasteiger partial charge is 0.277 e. The normalized spacial score (nSPS) is 24.8. The Hall–Kier alpha value is -1.83. The molecule has 1 unspecified atom stereocenters. The Morgan fingerprint density at radius 2 is 2.06 bits per heavy atom. The summed E-state index contributed by atoms with van der Waals surface area (Å²) in [6, 6.07) is -1.34. The van der Waals surface area contributed by atoms with E-state index >= 15 is 0 Å². The lowest BCUT2D eigenvalue weighted by molar-refractivity contribution is -0.158. The molecule has 84 valence electrons. The number of terminal acetylenes is 1. The van der Waals surface area contributed by atoms with Gasteiger partial charge in [-0.3, -0.25) is 14.9 Å². The predicted octanol–water partition coefficient (Wildman–Crippen LogP) is 0.257. The van der Waals surface area contributed by atoms with E-state index in [4.69, 9.17) is 6.42 Å². The van der Waals surface area contributed by atoms with Crippen LogP contribution in [0.1, 0.15) is 26.2 Å². The Morgan fingerprint density at radius 1 is 1.44 bits per heavy atom. The maximum Gasteiger partial charge on any atom is 0.331 e. The summed E-state index contributed by atoms with van der Waals surface area (Å²) in [6.07, 6.45) is 7.02. The van der Waals surface area contributed by atoms with E-state index in [1.807, 2.05) is 0 Å². The summed E-state index contributed by atoms with van der Waals surface area (Å²) in [7, 11) is 0. The summed E-state index contributed by atoms with van der Waals surface area (Å²) in [5.74, 6) is 1.41. The molecule has 1 N–H and O–H groups in total. The fourth-order valence-electron chi connectivity index (χ4n) is 2.09. The predicted molar refractivity (Wildman–Crippen MR) is 55.0 cm³/mol. The molecule has 1 spiro atoms. The van der Waals surface area contributed by atoms with Gasteiger partial charge in [0.2, 0.25) is 11.8 Å². The second-order valence-electron chi connectivity index (χ2n) is 4.21. The maximum absolute atomic E-state index is 12.1. The van der Waals surface area contributed by atoms with Crippen LogP contribution in [0, 0.1) is 17.8 Å². The molecule has 16 heavy (non-hydrogen) atoms. The monoisotopic (exact) mass is 220 g/mol. The molecule has 0 aromatic carbocycles. The Morgan fingerprint density at radius 3 is 2.50 bits per heavy atom. The van der Waals surface area contributed by atoms with Crippen molar-refractivity contribution in [2.75, 3.05) is 0 Å². The molecule has 1 saturated heterocycles. The molecule has 5 nitrogen and oxygen atoms in total. The van der Waals surface area contributed by atoms with Crippen LogP contribution in [0.25, 0.3) is 0 Å². The fraction of sp³-hybridized carbons (Fsp3) is 0.545. The Balaban J connectivity index is 2.35. The summed E-state index contributed by atoms with van der Waals surface area (Å²) in [5, 5.41) is 2.20. The summed E-state index contributed by atoms with van der Waals surface area (Å²) in [6.45, 7) is 1.58. The second kappa shape index (κ2) is 3.34. The summed E-state index contributed by atoms with van der Waals surface area (Å²) < 4.78 is 0. The molecule has 0 radical (unpaired) electrons. The molecule has 1 heterocycles. The first-order chi connectivity index (χ1) is 7.53. The van der Waals surface area contributed by atoms with Crippen molar-refractivity contribution in [2.45, 2.75) is 32.2 Å². The minimum absolute atomic E-state index is 0.446. The number of barbiturate groups is 1. The highest BCUT2D eigenvalue weighted by atomic mass is 16.2. The first-order valence-corrected chi connectivity index (χ1v) is 5.18. The van der Waals surface area contributed by atoms with Crippen molar-refractivity contribution in [1.29, 1.82) is 0 Å². The molecule has 0 aromatic heterocycles. The van der Waals surface area contributed by atoms with Crippen LogP contribution in [-0.2, 0) is 9.59 Å². The van der Waals surface area contributed by atoms with Gasteiger partial charge in [0.1, 0.15) is 5.41 Å². The lowest BCUT2D eigenvalue weighted by atomic mass is 9.66. The summed E-state index contributed by atoms with van der Waals surface area (Å²) in [4.78, 5) is 36.2. The van der Waals surface area contributed by atoms with E-state index in [2.05, 4.69) is 11.2 Å². The van der Waals surface area contributed by atoms with E-state index in [-0.39, 0.29) is 0 Å². The van der Waals surface area contributed by atoms with E-state index in [0.29, 0.717) is 12.8 Å². The number of imide groups is 2. The van der Waals surface area contributed by atoms with Crippen LogP contribution in [0.2, 0.25) is 0 Å². The highest BCUT2D eigenvalue weighted by Crippen LogP contribution is 2.44. The quantitative estimate of drug-likeness (QED) is 0.509. The van der Waals surface area contributed by atoms with Crippen molar-refractivity contribution in [3.8, 4) is 12.3 Å². The molecular formula is C11H12N2O3. The molecule has 2 aliphatic rings. The van der Waals surface area contributed by atoms with Crippen molar-refractivity contribution in [1.82, 2.24) is 10.2 Å². The van der Waals surface area contributed by atoms with Crippen LogP contribution in [-0.4, -0.2) is 28.8 Å². The minimum atomic E-state index is -1.03. The molecule has 1 aliphatic heterocycles. The van der Waals surface area contributed by atoms with Crippen molar-refractivity contribution < 1.29 is 14.4 Å². The van der Waals surface area contributed by atoms with Crippen LogP contribution >= 0.6 is 0 Å². The zero-order valence-electron chi connectivity index (χ0n) is 8.95. The number of carbonyl (C=O) groups is 3. The molecule has 1 atom stereocenters. The Kier molecular flexibility index (Phi) is 2.23. The van der Waals surface area contributed by atoms with Gasteiger partial charge in [0.05, 0.1) is 6.04 Å². The highest BCUT2D eigenvalue weighted by molar-refractivity contribution is 6.19. The maximum atomic E-state index is 12.1. The average Bonchev–Trinajstić information content (AvgIpc) is 2.14. The second-order valence-corrected chi connectivity index (χ2v) is 4.21. The van der Waals surface area contributed by atoms with Gasteiger partial charge in [-0.2, -0.15) is 0 Å². The van der Waals surface area contributed by atoms with Crippen molar-refractivity contribution in [2.24, 2.45) is 5.41 Å². The van der Waals surface area contributed by atoms with Crippen LogP contribution in [0.5, 0.6) is 0 Å². The first-order valence-electron chi connectivity index (χ1n) is 5.18. The van der Waals surface area contributed by atoms with Gasteiger partial charge in [-0.1, -0.05) is 12.3 Å². The number of rotatable bonds is 1. The van der Waals surface area contributed by atoms with E-state index in [9.17, 15) is 14.4 Å². The number of urea groups is 1. The zero-order valence-corrected chi connectivity index (χ0v) is 8.95. The molecule has 2 rings (SSSR count).